The van der Waals surface area contributed by atoms with Crippen molar-refractivity contribution in [3.05, 3.63) is 48.3 Å². The fourth-order valence-corrected chi connectivity index (χ4v) is 2.65. The third-order valence-corrected chi connectivity index (χ3v) is 4.04. The van der Waals surface area contributed by atoms with Crippen LogP contribution in [0.3, 0.4) is 0 Å². The van der Waals surface area contributed by atoms with Gasteiger partial charge in [0, 0.05) is 39.1 Å². The van der Waals surface area contributed by atoms with E-state index in [0.717, 1.165) is 69.8 Å². The minimum atomic E-state index is 0.515. The summed E-state index contributed by atoms with van der Waals surface area (Å²) in [5.41, 5.74) is 0. The first-order chi connectivity index (χ1) is 12.4. The fourth-order valence-electron chi connectivity index (χ4n) is 2.65. The zero-order chi connectivity index (χ0) is 17.2. The zero-order valence-electron chi connectivity index (χ0n) is 14.4. The normalized spacial score (nSPS) is 16.1. The monoisotopic (exact) mass is 346 g/mol. The van der Waals surface area contributed by atoms with E-state index < -0.39 is 0 Å². The lowest BCUT2D eigenvalue weighted by molar-refractivity contribution is 0.0389. The van der Waals surface area contributed by atoms with Crippen molar-refractivity contribution < 1.29 is 13.6 Å². The molecule has 1 fully saturated rings. The topological polar surface area (TPSA) is 75.2 Å². The lowest BCUT2D eigenvalue weighted by Crippen LogP contribution is -2.44. The number of furan rings is 2. The van der Waals surface area contributed by atoms with Crippen LogP contribution in [0.1, 0.15) is 11.5 Å². The molecule has 3 heterocycles. The van der Waals surface area contributed by atoms with E-state index in [2.05, 4.69) is 20.5 Å². The summed E-state index contributed by atoms with van der Waals surface area (Å²) < 4.78 is 16.1. The van der Waals surface area contributed by atoms with Gasteiger partial charge in [-0.3, -0.25) is 4.90 Å². The number of nitrogens with one attached hydrogen (secondary N) is 2. The van der Waals surface area contributed by atoms with Gasteiger partial charge in [0.05, 0.1) is 25.7 Å². The lowest BCUT2D eigenvalue weighted by Gasteiger charge is -2.26. The van der Waals surface area contributed by atoms with E-state index in [1.807, 2.05) is 24.3 Å². The quantitative estimate of drug-likeness (QED) is 0.557. The average molecular weight is 346 g/mol. The lowest BCUT2D eigenvalue weighted by atomic mass is 10.3. The van der Waals surface area contributed by atoms with Crippen LogP contribution in [-0.4, -0.2) is 56.8 Å². The van der Waals surface area contributed by atoms with E-state index in [0.29, 0.717) is 6.54 Å². The second-order valence-electron chi connectivity index (χ2n) is 5.88. The van der Waals surface area contributed by atoms with Crippen LogP contribution in [0, 0.1) is 0 Å². The number of hydrogen-bond donors (Lipinski definition) is 2. The van der Waals surface area contributed by atoms with Crippen molar-refractivity contribution in [3.63, 3.8) is 0 Å². The molecule has 25 heavy (non-hydrogen) atoms. The standard InChI is InChI=1S/C18H26N4O3/c1-3-16(24-11-1)5-6-19-18(21-15-17-4-2-12-25-17)20-7-8-22-9-13-23-14-10-22/h1-4,11-12H,5-10,13-15H2,(H2,19,20,21). The third kappa shape index (κ3) is 6.28. The van der Waals surface area contributed by atoms with Crippen molar-refractivity contribution in [1.82, 2.24) is 15.5 Å². The predicted octanol–water partition coefficient (Wildman–Crippen LogP) is 1.48. The number of ether oxygens (including phenoxy) is 1. The van der Waals surface area contributed by atoms with Gasteiger partial charge in [-0.05, 0) is 24.3 Å². The van der Waals surface area contributed by atoms with Crippen molar-refractivity contribution in [2.24, 2.45) is 4.99 Å². The summed E-state index contributed by atoms with van der Waals surface area (Å²) in [5, 5.41) is 6.75. The Morgan fingerprint density at radius 3 is 2.44 bits per heavy atom. The summed E-state index contributed by atoms with van der Waals surface area (Å²) in [5.74, 6) is 2.60. The van der Waals surface area contributed by atoms with Gasteiger partial charge >= 0.3 is 0 Å². The molecular weight excluding hydrogens is 320 g/mol. The molecule has 0 bridgehead atoms. The molecule has 0 aliphatic carbocycles. The summed E-state index contributed by atoms with van der Waals surface area (Å²) in [4.78, 5) is 6.99. The molecule has 1 aliphatic rings. The summed E-state index contributed by atoms with van der Waals surface area (Å²) >= 11 is 0. The van der Waals surface area contributed by atoms with Crippen LogP contribution in [0.5, 0.6) is 0 Å². The highest BCUT2D eigenvalue weighted by molar-refractivity contribution is 5.79. The molecule has 0 spiro atoms. The average Bonchev–Trinajstić information content (AvgIpc) is 3.34. The van der Waals surface area contributed by atoms with Gasteiger partial charge in [-0.25, -0.2) is 4.99 Å². The molecule has 0 unspecified atom stereocenters. The highest BCUT2D eigenvalue weighted by Gasteiger charge is 2.10. The van der Waals surface area contributed by atoms with Crippen molar-refractivity contribution in [1.29, 1.82) is 0 Å². The second kappa shape index (κ2) is 9.90. The van der Waals surface area contributed by atoms with Gasteiger partial charge in [0.1, 0.15) is 18.1 Å². The van der Waals surface area contributed by atoms with Gasteiger partial charge in [-0.2, -0.15) is 0 Å². The summed E-state index contributed by atoms with van der Waals surface area (Å²) in [6, 6.07) is 7.69. The molecule has 0 saturated carbocycles. The second-order valence-corrected chi connectivity index (χ2v) is 5.88. The maximum Gasteiger partial charge on any atom is 0.191 e. The van der Waals surface area contributed by atoms with Crippen molar-refractivity contribution in [2.45, 2.75) is 13.0 Å². The summed E-state index contributed by atoms with van der Waals surface area (Å²) in [7, 11) is 0. The predicted molar refractivity (Wildman–Crippen MR) is 95.5 cm³/mol. The van der Waals surface area contributed by atoms with Gasteiger partial charge in [0.25, 0.3) is 0 Å². The highest BCUT2D eigenvalue weighted by Crippen LogP contribution is 2.02. The summed E-state index contributed by atoms with van der Waals surface area (Å²) in [6.45, 7) is 6.71. The SMILES string of the molecule is c1coc(CCNC(=NCc2ccco2)NCCN2CCOCC2)c1. The molecule has 136 valence electrons. The molecule has 0 aromatic carbocycles. The Labute approximate surface area is 148 Å². The van der Waals surface area contributed by atoms with E-state index in [9.17, 15) is 0 Å². The molecule has 1 saturated heterocycles. The van der Waals surface area contributed by atoms with Crippen LogP contribution in [-0.2, 0) is 17.7 Å². The number of hydrogen-bond acceptors (Lipinski definition) is 5. The number of rotatable bonds is 8. The molecule has 2 N–H and O–H groups in total. The molecule has 7 heteroatoms. The Morgan fingerprint density at radius 1 is 1.00 bits per heavy atom. The van der Waals surface area contributed by atoms with E-state index in [1.165, 1.54) is 0 Å². The van der Waals surface area contributed by atoms with Crippen LogP contribution in [0.2, 0.25) is 0 Å². The Hall–Kier alpha value is -2.25. The molecule has 3 rings (SSSR count). The van der Waals surface area contributed by atoms with Gasteiger partial charge in [-0.1, -0.05) is 0 Å². The van der Waals surface area contributed by atoms with Crippen LogP contribution in [0.25, 0.3) is 0 Å². The molecule has 0 radical (unpaired) electrons. The fraction of sp³-hybridized carbons (Fsp3) is 0.500. The number of aliphatic imine (C=N–C) groups is 1. The minimum absolute atomic E-state index is 0.515. The molecule has 1 aliphatic heterocycles. The molecule has 2 aromatic heterocycles. The van der Waals surface area contributed by atoms with E-state index in [-0.39, 0.29) is 0 Å². The van der Waals surface area contributed by atoms with Crippen LogP contribution >= 0.6 is 0 Å². The van der Waals surface area contributed by atoms with E-state index in [4.69, 9.17) is 13.6 Å². The van der Waals surface area contributed by atoms with Crippen molar-refractivity contribution in [3.8, 4) is 0 Å². The molecule has 0 atom stereocenters. The Bertz CT molecular complexity index is 604. The first kappa shape index (κ1) is 17.6. The van der Waals surface area contributed by atoms with Crippen molar-refractivity contribution in [2.75, 3.05) is 45.9 Å². The summed E-state index contributed by atoms with van der Waals surface area (Å²) in [6.07, 6.45) is 4.18. The molecule has 7 nitrogen and oxygen atoms in total. The Balaban J connectivity index is 1.45. The number of morpholine rings is 1. The van der Waals surface area contributed by atoms with Crippen LogP contribution in [0.15, 0.2) is 50.6 Å². The Kier molecular flexibility index (Phi) is 6.96. The highest BCUT2D eigenvalue weighted by atomic mass is 16.5. The van der Waals surface area contributed by atoms with Crippen LogP contribution in [0.4, 0.5) is 0 Å². The molecule has 2 aromatic rings. The Morgan fingerprint density at radius 2 is 1.72 bits per heavy atom. The van der Waals surface area contributed by atoms with E-state index >= 15 is 0 Å². The maximum absolute atomic E-state index is 5.38. The first-order valence-corrected chi connectivity index (χ1v) is 8.77. The first-order valence-electron chi connectivity index (χ1n) is 8.77. The zero-order valence-corrected chi connectivity index (χ0v) is 14.4. The largest absolute Gasteiger partial charge is 0.469 e. The third-order valence-electron chi connectivity index (χ3n) is 4.04. The van der Waals surface area contributed by atoms with E-state index in [1.54, 1.807) is 12.5 Å². The number of guanidine groups is 1. The van der Waals surface area contributed by atoms with Crippen molar-refractivity contribution >= 4 is 5.96 Å². The van der Waals surface area contributed by atoms with Gasteiger partial charge < -0.3 is 24.2 Å². The molecular formula is C18H26N4O3. The van der Waals surface area contributed by atoms with Gasteiger partial charge in [0.2, 0.25) is 0 Å². The van der Waals surface area contributed by atoms with Gasteiger partial charge in [0.15, 0.2) is 5.96 Å². The van der Waals surface area contributed by atoms with Crippen LogP contribution < -0.4 is 10.6 Å². The minimum Gasteiger partial charge on any atom is -0.469 e. The maximum atomic E-state index is 5.38. The smallest absolute Gasteiger partial charge is 0.191 e. The molecule has 0 amide bonds. The van der Waals surface area contributed by atoms with Gasteiger partial charge in [-0.15, -0.1) is 0 Å². The number of nitrogens with zero attached hydrogens (tertiary/aromatic N) is 2.